The number of hydrogen-bond donors (Lipinski definition) is 1. The van der Waals surface area contributed by atoms with Gasteiger partial charge in [-0.15, -0.1) is 23.1 Å². The van der Waals surface area contributed by atoms with Crippen molar-refractivity contribution in [2.24, 2.45) is 0 Å². The molecule has 2 rings (SSSR count). The normalized spacial score (nSPS) is 10.4. The van der Waals surface area contributed by atoms with Gasteiger partial charge in [-0.25, -0.2) is 4.98 Å². The summed E-state index contributed by atoms with van der Waals surface area (Å²) in [5.74, 6) is 1.85. The molecule has 0 spiro atoms. The highest BCUT2D eigenvalue weighted by molar-refractivity contribution is 7.98. The minimum Gasteiger partial charge on any atom is -0.496 e. The topological polar surface area (TPSA) is 34.2 Å². The zero-order valence-electron chi connectivity index (χ0n) is 11.2. The van der Waals surface area contributed by atoms with Crippen LogP contribution in [-0.4, -0.2) is 18.6 Å². The van der Waals surface area contributed by atoms with E-state index in [4.69, 9.17) is 4.74 Å². The molecule has 5 heteroatoms. The summed E-state index contributed by atoms with van der Waals surface area (Å²) in [7, 11) is 1.71. The highest BCUT2D eigenvalue weighted by Gasteiger charge is 2.05. The summed E-state index contributed by atoms with van der Waals surface area (Å²) in [5, 5.41) is 4.32. The molecule has 0 aliphatic rings. The van der Waals surface area contributed by atoms with Crippen molar-refractivity contribution in [3.05, 3.63) is 35.3 Å². The van der Waals surface area contributed by atoms with Gasteiger partial charge in [0.25, 0.3) is 0 Å². The predicted molar refractivity (Wildman–Crippen MR) is 83.4 cm³/mol. The number of anilines is 1. The summed E-state index contributed by atoms with van der Waals surface area (Å²) >= 11 is 3.50. The Hall–Kier alpha value is -1.20. The van der Waals surface area contributed by atoms with Gasteiger partial charge < -0.3 is 10.1 Å². The third-order valence-corrected chi connectivity index (χ3v) is 4.76. The second-order valence-corrected chi connectivity index (χ2v) is 6.13. The first-order valence-corrected chi connectivity index (χ1v) is 8.08. The maximum absolute atomic E-state index is 5.35. The molecule has 102 valence electrons. The fourth-order valence-electron chi connectivity index (χ4n) is 1.57. The van der Waals surface area contributed by atoms with Crippen LogP contribution in [-0.2, 0) is 5.75 Å². The van der Waals surface area contributed by atoms with Crippen LogP contribution in [0.2, 0.25) is 0 Å². The lowest BCUT2D eigenvalue weighted by atomic mass is 10.3. The van der Waals surface area contributed by atoms with Crippen LogP contribution in [0.15, 0.2) is 35.4 Å². The van der Waals surface area contributed by atoms with E-state index >= 15 is 0 Å². The van der Waals surface area contributed by atoms with E-state index in [1.54, 1.807) is 30.2 Å². The quantitative estimate of drug-likeness (QED) is 0.773. The number of thiazole rings is 1. The molecule has 1 aromatic carbocycles. The van der Waals surface area contributed by atoms with Crippen LogP contribution < -0.4 is 10.1 Å². The number of benzene rings is 1. The van der Waals surface area contributed by atoms with Crippen molar-refractivity contribution in [3.8, 4) is 5.75 Å². The van der Waals surface area contributed by atoms with Crippen LogP contribution in [0.4, 0.5) is 5.13 Å². The van der Waals surface area contributed by atoms with Crippen molar-refractivity contribution in [3.63, 3.8) is 0 Å². The zero-order chi connectivity index (χ0) is 13.5. The smallest absolute Gasteiger partial charge is 0.182 e. The second-order valence-electron chi connectivity index (χ2n) is 4.00. The molecule has 0 aliphatic carbocycles. The molecule has 0 fully saturated rings. The number of methoxy groups -OCH3 is 1. The van der Waals surface area contributed by atoms with E-state index < -0.39 is 0 Å². The highest BCUT2D eigenvalue weighted by atomic mass is 32.2. The molecule has 0 saturated heterocycles. The molecule has 1 aromatic heterocycles. The number of hydrogen-bond acceptors (Lipinski definition) is 5. The molecule has 19 heavy (non-hydrogen) atoms. The van der Waals surface area contributed by atoms with Gasteiger partial charge in [0.05, 0.1) is 7.11 Å². The third-order valence-electron chi connectivity index (χ3n) is 2.52. The molecule has 0 bridgehead atoms. The average Bonchev–Trinajstić information content (AvgIpc) is 2.91. The summed E-state index contributed by atoms with van der Waals surface area (Å²) in [4.78, 5) is 6.81. The number of para-hydroxylation sites is 1. The second kappa shape index (κ2) is 7.40. The molecule has 0 radical (unpaired) electrons. The fraction of sp³-hybridized carbons (Fsp3) is 0.357. The van der Waals surface area contributed by atoms with Crippen LogP contribution in [0.25, 0.3) is 0 Å². The van der Waals surface area contributed by atoms with Gasteiger partial charge in [0.1, 0.15) is 5.75 Å². The molecule has 2 aromatic rings. The number of aromatic nitrogens is 1. The van der Waals surface area contributed by atoms with Gasteiger partial charge in [0.2, 0.25) is 0 Å². The lowest BCUT2D eigenvalue weighted by Crippen LogP contribution is -1.97. The molecule has 3 nitrogen and oxygen atoms in total. The van der Waals surface area contributed by atoms with Crippen LogP contribution in [0.1, 0.15) is 18.2 Å². The third kappa shape index (κ3) is 4.14. The number of ether oxygens (including phenoxy) is 1. The average molecular weight is 294 g/mol. The number of nitrogens with zero attached hydrogens (tertiary/aromatic N) is 1. The van der Waals surface area contributed by atoms with Gasteiger partial charge >= 0.3 is 0 Å². The molecule has 0 amide bonds. The van der Waals surface area contributed by atoms with E-state index in [0.29, 0.717) is 0 Å². The van der Waals surface area contributed by atoms with Crippen molar-refractivity contribution < 1.29 is 4.74 Å². The summed E-state index contributed by atoms with van der Waals surface area (Å²) < 4.78 is 5.35. The van der Waals surface area contributed by atoms with Crippen molar-refractivity contribution >= 4 is 28.2 Å². The Labute approximate surface area is 122 Å². The largest absolute Gasteiger partial charge is 0.496 e. The van der Waals surface area contributed by atoms with Gasteiger partial charge in [-0.3, -0.25) is 0 Å². The lowest BCUT2D eigenvalue weighted by molar-refractivity contribution is 0.405. The Kier molecular flexibility index (Phi) is 5.54. The number of nitrogens with one attached hydrogen (secondary N) is 1. The predicted octanol–water partition coefficient (Wildman–Crippen LogP) is 4.27. The standard InChI is InChI=1S/C14H18N2OS2/c1-3-8-15-14-16-9-11(19-14)10-18-13-7-5-4-6-12(13)17-2/h4-7,9H,3,8,10H2,1-2H3,(H,15,16). The Morgan fingerprint density at radius 1 is 1.37 bits per heavy atom. The Morgan fingerprint density at radius 3 is 3.00 bits per heavy atom. The van der Waals surface area contributed by atoms with E-state index in [1.807, 2.05) is 24.4 Å². The molecular weight excluding hydrogens is 276 g/mol. The van der Waals surface area contributed by atoms with Gasteiger partial charge in [0.15, 0.2) is 5.13 Å². The molecule has 1 heterocycles. The Balaban J connectivity index is 1.93. The van der Waals surface area contributed by atoms with Crippen molar-refractivity contribution in [1.29, 1.82) is 0 Å². The number of thioether (sulfide) groups is 1. The summed E-state index contributed by atoms with van der Waals surface area (Å²) in [6, 6.07) is 8.10. The molecule has 0 aliphatic heterocycles. The van der Waals surface area contributed by atoms with Crippen LogP contribution in [0, 0.1) is 0 Å². The van der Waals surface area contributed by atoms with Crippen molar-refractivity contribution in [1.82, 2.24) is 4.98 Å². The highest BCUT2D eigenvalue weighted by Crippen LogP contribution is 2.33. The molecular formula is C14H18N2OS2. The Morgan fingerprint density at radius 2 is 2.21 bits per heavy atom. The van der Waals surface area contributed by atoms with Crippen molar-refractivity contribution in [2.45, 2.75) is 24.0 Å². The van der Waals surface area contributed by atoms with Gasteiger partial charge in [-0.05, 0) is 18.6 Å². The molecule has 0 atom stereocenters. The molecule has 0 unspecified atom stereocenters. The molecule has 1 N–H and O–H groups in total. The Bertz CT molecular complexity index is 514. The number of rotatable bonds is 7. The lowest BCUT2D eigenvalue weighted by Gasteiger charge is -2.06. The summed E-state index contributed by atoms with van der Waals surface area (Å²) in [6.07, 6.45) is 3.07. The van der Waals surface area contributed by atoms with Gasteiger partial charge in [-0.1, -0.05) is 19.1 Å². The maximum atomic E-state index is 5.35. The maximum Gasteiger partial charge on any atom is 0.182 e. The first-order valence-electron chi connectivity index (χ1n) is 6.28. The van der Waals surface area contributed by atoms with E-state index in [-0.39, 0.29) is 0 Å². The summed E-state index contributed by atoms with van der Waals surface area (Å²) in [5.41, 5.74) is 0. The van der Waals surface area contributed by atoms with Crippen molar-refractivity contribution in [2.75, 3.05) is 19.0 Å². The molecule has 0 saturated carbocycles. The monoisotopic (exact) mass is 294 g/mol. The van der Waals surface area contributed by atoms with E-state index in [2.05, 4.69) is 23.3 Å². The first kappa shape index (κ1) is 14.2. The fourth-order valence-corrected chi connectivity index (χ4v) is 3.46. The van der Waals surface area contributed by atoms with E-state index in [1.165, 1.54) is 9.77 Å². The SMILES string of the molecule is CCCNc1ncc(CSc2ccccc2OC)s1. The minimum absolute atomic E-state index is 0.922. The minimum atomic E-state index is 0.922. The van der Waals surface area contributed by atoms with Gasteiger partial charge in [-0.2, -0.15) is 0 Å². The summed E-state index contributed by atoms with van der Waals surface area (Å²) in [6.45, 7) is 3.13. The van der Waals surface area contributed by atoms with Crippen LogP contribution in [0.5, 0.6) is 5.75 Å². The van der Waals surface area contributed by atoms with Crippen LogP contribution in [0.3, 0.4) is 0 Å². The van der Waals surface area contributed by atoms with E-state index in [0.717, 1.165) is 29.6 Å². The first-order chi connectivity index (χ1) is 9.33. The van der Waals surface area contributed by atoms with Gasteiger partial charge in [0, 0.05) is 28.3 Å². The van der Waals surface area contributed by atoms with Crippen LogP contribution >= 0.6 is 23.1 Å². The zero-order valence-corrected chi connectivity index (χ0v) is 12.8. The van der Waals surface area contributed by atoms with E-state index in [9.17, 15) is 0 Å².